The van der Waals surface area contributed by atoms with E-state index in [9.17, 15) is 91.7 Å². The van der Waals surface area contributed by atoms with Crippen molar-refractivity contribution in [3.63, 3.8) is 0 Å². The van der Waals surface area contributed by atoms with Crippen LogP contribution in [-0.2, 0) is 92.7 Å². The molecule has 1 aromatic carbocycles. The average molecular weight is 1650 g/mol. The highest BCUT2D eigenvalue weighted by molar-refractivity contribution is 6.02. The molecule has 117 heavy (non-hydrogen) atoms. The van der Waals surface area contributed by atoms with Crippen molar-refractivity contribution in [2.24, 2.45) is 62.7 Å². The minimum Gasteiger partial charge on any atom is -0.481 e. The fraction of sp³-hybridized carbons (Fsp3) is 0.662. The standard InChI is InChI=1S/C74H123N23O20/c1-40(2)34-49(71(115)96-60(41(3)4)61(80)105)86-57(100)39-84-62(106)50(36-55(79)98)94-72(116)54-25-17-33-97(54)73(117)53(35-42-18-6-5-7-19-42)95-67(111)47(24-16-32-83-74(81)82)91-70(114)52(38-59(103)104)93-66(110)46(23-11-15-31-78)88-64(108)44(21-9-13-29-76)90-69(113)51(37-58(101)102)92-65(109)45(22-10-14-30-77)87-63(107)43(20-8-12-28-75)89-68(112)48-26-27-56(99)85-48/h5-7,18-19,40-41,43-54,60H,8-17,20-39,75-78H2,1-4H3,(H2,79,98)(H2,80,105)(H,84,106)(H,85,99)(H,86,100)(H,87,107)(H,88,108)(H,89,112)(H,90,113)(H,91,114)(H,92,109)(H,93,110)(H,94,116)(H,95,111)(H,96,115)(H,101,102)(H,103,104)(H4,81,82,83)/t43-,44-,45-,46-,47-,48-,49-,50-,51-,52-,53-,54-,60-/m0/s1. The number of hydrogen-bond acceptors (Lipinski definition) is 23. The van der Waals surface area contributed by atoms with Crippen LogP contribution in [0.25, 0.3) is 0 Å². The quantitative estimate of drug-likeness (QED) is 0.0164. The van der Waals surface area contributed by atoms with E-state index in [2.05, 4.69) is 74.1 Å². The van der Waals surface area contributed by atoms with Crippen LogP contribution in [0.2, 0.25) is 0 Å². The zero-order chi connectivity index (χ0) is 87.4. The van der Waals surface area contributed by atoms with Gasteiger partial charge in [-0.25, -0.2) is 0 Å². The largest absolute Gasteiger partial charge is 0.481 e. The molecule has 31 N–H and O–H groups in total. The summed E-state index contributed by atoms with van der Waals surface area (Å²) in [6, 6.07) is -11.2. The third-order valence-corrected chi connectivity index (χ3v) is 19.1. The van der Waals surface area contributed by atoms with E-state index in [1.165, 1.54) is 0 Å². The van der Waals surface area contributed by atoms with Gasteiger partial charge in [-0.1, -0.05) is 58.0 Å². The predicted octanol–water partition coefficient (Wildman–Crippen LogP) is -7.47. The van der Waals surface area contributed by atoms with Gasteiger partial charge in [0.05, 0.1) is 25.8 Å². The molecular formula is C74H123N23O20. The highest BCUT2D eigenvalue weighted by Crippen LogP contribution is 2.22. The van der Waals surface area contributed by atoms with E-state index < -0.39 is 211 Å². The Kier molecular flexibility index (Phi) is 45.4. The number of hydrogen-bond donors (Lipinski definition) is 23. The van der Waals surface area contributed by atoms with E-state index in [-0.39, 0.29) is 166 Å². The molecule has 2 aliphatic heterocycles. The van der Waals surface area contributed by atoms with Crippen LogP contribution < -0.4 is 115 Å². The Bertz CT molecular complexity index is 3570. The van der Waals surface area contributed by atoms with E-state index in [1.54, 1.807) is 58.0 Å². The maximum absolute atomic E-state index is 15.0. The molecule has 2 fully saturated rings. The summed E-state index contributed by atoms with van der Waals surface area (Å²) in [4.78, 5) is 251. The van der Waals surface area contributed by atoms with Gasteiger partial charge in [0, 0.05) is 25.9 Å². The molecule has 2 saturated heterocycles. The molecule has 0 aromatic heterocycles. The third-order valence-electron chi connectivity index (χ3n) is 19.1. The van der Waals surface area contributed by atoms with Crippen molar-refractivity contribution in [2.75, 3.05) is 45.8 Å². The predicted molar refractivity (Wildman–Crippen MR) is 424 cm³/mol. The van der Waals surface area contributed by atoms with Gasteiger partial charge in [-0.15, -0.1) is 0 Å². The van der Waals surface area contributed by atoms with Crippen LogP contribution in [0.4, 0.5) is 0 Å². The summed E-state index contributed by atoms with van der Waals surface area (Å²) in [6.45, 7) is 6.46. The lowest BCUT2D eigenvalue weighted by molar-refractivity contribution is -0.143. The molecule has 0 bridgehead atoms. The molecule has 1 aromatic rings. The summed E-state index contributed by atoms with van der Waals surface area (Å²) in [7, 11) is 0. The zero-order valence-corrected chi connectivity index (χ0v) is 67.0. The van der Waals surface area contributed by atoms with E-state index >= 15 is 4.79 Å². The number of nitrogens with one attached hydrogen (secondary N) is 13. The first-order valence-electron chi connectivity index (χ1n) is 39.5. The molecule has 43 heteroatoms. The number of aliphatic imine (C=N–C) groups is 1. The number of unbranched alkanes of at least 4 members (excludes halogenated alkanes) is 4. The monoisotopic (exact) mass is 1650 g/mol. The van der Waals surface area contributed by atoms with Crippen molar-refractivity contribution in [3.05, 3.63) is 35.9 Å². The number of carboxylic acid groups (broad SMARTS) is 2. The maximum atomic E-state index is 15.0. The summed E-state index contributed by atoms with van der Waals surface area (Å²) in [5.74, 6) is -19.1. The van der Waals surface area contributed by atoms with Crippen molar-refractivity contribution < 1.29 is 96.5 Å². The highest BCUT2D eigenvalue weighted by Gasteiger charge is 2.42. The molecule has 3 rings (SSSR count). The molecule has 654 valence electrons. The Morgan fingerprint density at radius 2 is 0.889 bits per heavy atom. The van der Waals surface area contributed by atoms with Crippen molar-refractivity contribution in [1.82, 2.24) is 74.0 Å². The molecule has 0 radical (unpaired) electrons. The summed E-state index contributed by atoms with van der Waals surface area (Å²) >= 11 is 0. The number of primary amides is 2. The Balaban J connectivity index is 1.98. The topological polar surface area (TPSA) is 728 Å². The molecule has 13 atom stereocenters. The molecule has 0 saturated carbocycles. The number of guanidine groups is 1. The van der Waals surface area contributed by atoms with Crippen molar-refractivity contribution >= 4 is 112 Å². The lowest BCUT2D eigenvalue weighted by atomic mass is 10.00. The van der Waals surface area contributed by atoms with Crippen LogP contribution in [-0.4, -0.2) is 252 Å². The van der Waals surface area contributed by atoms with Gasteiger partial charge in [0.2, 0.25) is 94.5 Å². The summed E-state index contributed by atoms with van der Waals surface area (Å²) in [6.07, 6.45) is -1.38. The summed E-state index contributed by atoms with van der Waals surface area (Å²) < 4.78 is 0. The fourth-order valence-electron chi connectivity index (χ4n) is 12.9. The third kappa shape index (κ3) is 37.5. The van der Waals surface area contributed by atoms with Crippen molar-refractivity contribution in [3.8, 4) is 0 Å². The molecular weight excluding hydrogens is 1530 g/mol. The van der Waals surface area contributed by atoms with Crippen LogP contribution in [0.3, 0.4) is 0 Å². The Labute approximate surface area is 678 Å². The van der Waals surface area contributed by atoms with Gasteiger partial charge in [-0.3, -0.25) is 91.3 Å². The molecule has 16 amide bonds. The Hall–Kier alpha value is -11.2. The number of nitrogens with two attached hydrogens (primary N) is 8. The summed E-state index contributed by atoms with van der Waals surface area (Å²) in [5.41, 5.74) is 45.7. The first kappa shape index (κ1) is 100.0. The second kappa shape index (κ2) is 53.1. The number of carboxylic acids is 2. The SMILES string of the molecule is CC(C)C[C@H](NC(=O)CNC(=O)[C@H](CC(N)=O)NC(=O)[C@@H]1CCCN1C(=O)[C@H](Cc1ccccc1)NC(=O)[C@H](CCCN=C(N)N)NC(=O)[C@H](CC(=O)O)NC(=O)[C@H](CCCCN)NC(=O)[C@H](CCCCN)NC(=O)[C@H](CC(=O)O)NC(=O)[C@H](CCCCN)NC(=O)[C@H](CCCCN)NC(=O)[C@@H]1CCC(=O)N1)C(=O)N[C@H](C(N)=O)C(C)C. The maximum Gasteiger partial charge on any atom is 0.305 e. The Morgan fingerprint density at radius 3 is 1.29 bits per heavy atom. The molecule has 2 heterocycles. The minimum absolute atomic E-state index is 0.0129. The molecule has 0 aliphatic carbocycles. The van der Waals surface area contributed by atoms with Crippen LogP contribution in [0, 0.1) is 11.8 Å². The lowest BCUT2D eigenvalue weighted by Crippen LogP contribution is -2.61. The lowest BCUT2D eigenvalue weighted by Gasteiger charge is -2.31. The second-order valence-corrected chi connectivity index (χ2v) is 29.6. The van der Waals surface area contributed by atoms with Crippen LogP contribution in [0.5, 0.6) is 0 Å². The first-order chi connectivity index (χ1) is 55.4. The van der Waals surface area contributed by atoms with Gasteiger partial charge in [-0.2, -0.15) is 0 Å². The Morgan fingerprint density at radius 1 is 0.479 bits per heavy atom. The number of likely N-dealkylation sites (tertiary alicyclic amines) is 1. The minimum atomic E-state index is -2.04. The number of carbonyl (C=O) groups excluding carboxylic acids is 16. The van der Waals surface area contributed by atoms with E-state index in [0.717, 1.165) is 4.90 Å². The second-order valence-electron chi connectivity index (χ2n) is 29.6. The van der Waals surface area contributed by atoms with Gasteiger partial charge in [-0.05, 0) is 159 Å². The normalized spacial score (nSPS) is 16.5. The van der Waals surface area contributed by atoms with Gasteiger partial charge in [0.15, 0.2) is 5.96 Å². The van der Waals surface area contributed by atoms with E-state index in [0.29, 0.717) is 24.8 Å². The summed E-state index contributed by atoms with van der Waals surface area (Å²) in [5, 5.41) is 52.7. The van der Waals surface area contributed by atoms with Gasteiger partial charge >= 0.3 is 11.9 Å². The number of benzene rings is 1. The molecule has 43 nitrogen and oxygen atoms in total. The zero-order valence-electron chi connectivity index (χ0n) is 67.0. The van der Waals surface area contributed by atoms with Gasteiger partial charge in [0.1, 0.15) is 78.5 Å². The number of nitrogens with zero attached hydrogens (tertiary/aromatic N) is 2. The first-order valence-corrected chi connectivity index (χ1v) is 39.5. The smallest absolute Gasteiger partial charge is 0.305 e. The number of aliphatic carboxylic acids is 2. The van der Waals surface area contributed by atoms with Crippen molar-refractivity contribution in [1.29, 1.82) is 0 Å². The number of amides is 16. The molecule has 0 spiro atoms. The fourth-order valence-corrected chi connectivity index (χ4v) is 12.9. The molecule has 2 aliphatic rings. The van der Waals surface area contributed by atoms with Crippen molar-refractivity contribution in [2.45, 2.75) is 254 Å². The van der Waals surface area contributed by atoms with E-state index in [4.69, 9.17) is 45.9 Å². The van der Waals surface area contributed by atoms with Crippen LogP contribution in [0.1, 0.15) is 175 Å². The number of rotatable bonds is 57. The highest BCUT2D eigenvalue weighted by atomic mass is 16.4. The van der Waals surface area contributed by atoms with Gasteiger partial charge < -0.3 is 130 Å². The van der Waals surface area contributed by atoms with Gasteiger partial charge in [0.25, 0.3) is 0 Å². The van der Waals surface area contributed by atoms with Crippen LogP contribution >= 0.6 is 0 Å². The average Bonchev–Trinajstić information content (AvgIpc) is 1.78. The van der Waals surface area contributed by atoms with E-state index in [1.807, 2.05) is 0 Å². The van der Waals surface area contributed by atoms with Crippen LogP contribution in [0.15, 0.2) is 35.3 Å². The molecule has 0 unspecified atom stereocenters. The number of carbonyl (C=O) groups is 18.